The van der Waals surface area contributed by atoms with Crippen molar-refractivity contribution in [1.82, 2.24) is 10.2 Å². The highest BCUT2D eigenvalue weighted by Crippen LogP contribution is 2.22. The van der Waals surface area contributed by atoms with Gasteiger partial charge in [-0.3, -0.25) is 9.59 Å². The van der Waals surface area contributed by atoms with Gasteiger partial charge in [-0.15, -0.1) is 11.8 Å². The van der Waals surface area contributed by atoms with Gasteiger partial charge in [0.05, 0.1) is 5.75 Å². The van der Waals surface area contributed by atoms with Gasteiger partial charge in [-0.1, -0.05) is 74.2 Å². The van der Waals surface area contributed by atoms with Gasteiger partial charge in [0.2, 0.25) is 11.8 Å². The van der Waals surface area contributed by atoms with E-state index in [-0.39, 0.29) is 17.9 Å². The van der Waals surface area contributed by atoms with E-state index in [1.54, 1.807) is 4.90 Å². The number of thioether (sulfide) groups is 1. The second-order valence-corrected chi connectivity index (χ2v) is 9.43. The Bertz CT molecular complexity index is 832. The Morgan fingerprint density at radius 2 is 1.71 bits per heavy atom. The number of hydrogen-bond donors (Lipinski definition) is 1. The summed E-state index contributed by atoms with van der Waals surface area (Å²) in [7, 11) is 0. The lowest BCUT2D eigenvalue weighted by Gasteiger charge is -2.32. The molecule has 4 nitrogen and oxygen atoms in total. The minimum absolute atomic E-state index is 0.0000669. The lowest BCUT2D eigenvalue weighted by Crippen LogP contribution is -2.52. The smallest absolute Gasteiger partial charge is 0.243 e. The molecule has 1 aliphatic carbocycles. The first-order valence-corrected chi connectivity index (χ1v) is 12.4. The predicted octanol–water partition coefficient (Wildman–Crippen LogP) is 5.34. The van der Waals surface area contributed by atoms with E-state index in [0.29, 0.717) is 18.7 Å². The SMILES string of the molecule is CC[C@@H](C(=O)NC1CCCCC1)N(Cc1ccc(C)cc1)C(=O)CSc1ccccc1. The summed E-state index contributed by atoms with van der Waals surface area (Å²) in [6.07, 6.45) is 6.27. The Hall–Kier alpha value is -2.27. The third-order valence-electron chi connectivity index (χ3n) is 5.92. The van der Waals surface area contributed by atoms with Crippen LogP contribution in [0.15, 0.2) is 59.5 Å². The number of aryl methyl sites for hydroxylation is 1. The van der Waals surface area contributed by atoms with Crippen LogP contribution in [-0.2, 0) is 16.1 Å². The molecule has 5 heteroatoms. The molecule has 2 amide bonds. The first-order valence-electron chi connectivity index (χ1n) is 11.4. The maximum absolute atomic E-state index is 13.3. The van der Waals surface area contributed by atoms with E-state index in [9.17, 15) is 9.59 Å². The molecule has 0 saturated heterocycles. The van der Waals surface area contributed by atoms with Gasteiger partial charge in [-0.2, -0.15) is 0 Å². The van der Waals surface area contributed by atoms with Crippen molar-refractivity contribution < 1.29 is 9.59 Å². The van der Waals surface area contributed by atoms with E-state index in [1.807, 2.05) is 49.4 Å². The van der Waals surface area contributed by atoms with Gasteiger partial charge in [-0.05, 0) is 43.9 Å². The quantitative estimate of drug-likeness (QED) is 0.537. The maximum atomic E-state index is 13.3. The molecule has 2 aromatic carbocycles. The normalized spacial score (nSPS) is 15.3. The number of amides is 2. The third kappa shape index (κ3) is 7.13. The van der Waals surface area contributed by atoms with E-state index in [2.05, 4.69) is 24.4 Å². The Morgan fingerprint density at radius 1 is 1.03 bits per heavy atom. The van der Waals surface area contributed by atoms with Crippen molar-refractivity contribution in [2.75, 3.05) is 5.75 Å². The van der Waals surface area contributed by atoms with Crippen molar-refractivity contribution in [2.45, 2.75) is 75.9 Å². The minimum Gasteiger partial charge on any atom is -0.352 e. The van der Waals surface area contributed by atoms with Gasteiger partial charge in [0, 0.05) is 17.5 Å². The number of rotatable bonds is 9. The van der Waals surface area contributed by atoms with Gasteiger partial charge in [-0.25, -0.2) is 0 Å². The van der Waals surface area contributed by atoms with Crippen LogP contribution in [0.5, 0.6) is 0 Å². The average molecular weight is 439 g/mol. The molecular formula is C26H34N2O2S. The standard InChI is InChI=1S/C26H34N2O2S/c1-3-24(26(30)27-22-10-6-4-7-11-22)28(18-21-16-14-20(2)15-17-21)25(29)19-31-23-12-8-5-9-13-23/h5,8-9,12-17,22,24H,3-4,6-7,10-11,18-19H2,1-2H3,(H,27,30)/t24-/m0/s1. The monoisotopic (exact) mass is 438 g/mol. The van der Waals surface area contributed by atoms with Crippen LogP contribution in [-0.4, -0.2) is 34.6 Å². The summed E-state index contributed by atoms with van der Waals surface area (Å²) in [5, 5.41) is 3.23. The third-order valence-corrected chi connectivity index (χ3v) is 6.91. The van der Waals surface area contributed by atoms with Crippen LogP contribution >= 0.6 is 11.8 Å². The topological polar surface area (TPSA) is 49.4 Å². The molecule has 0 aromatic heterocycles. The van der Waals surface area contributed by atoms with Crippen LogP contribution in [0.2, 0.25) is 0 Å². The van der Waals surface area contributed by atoms with Crippen molar-refractivity contribution >= 4 is 23.6 Å². The van der Waals surface area contributed by atoms with E-state index in [0.717, 1.165) is 23.3 Å². The molecule has 1 saturated carbocycles. The molecule has 1 N–H and O–H groups in total. The summed E-state index contributed by atoms with van der Waals surface area (Å²) in [5.41, 5.74) is 2.23. The van der Waals surface area contributed by atoms with Gasteiger partial charge < -0.3 is 10.2 Å². The van der Waals surface area contributed by atoms with Gasteiger partial charge in [0.1, 0.15) is 6.04 Å². The summed E-state index contributed by atoms with van der Waals surface area (Å²) in [6.45, 7) is 4.49. The second-order valence-electron chi connectivity index (χ2n) is 8.38. The van der Waals surface area contributed by atoms with Crippen LogP contribution < -0.4 is 5.32 Å². The first kappa shape index (κ1) is 23.4. The maximum Gasteiger partial charge on any atom is 0.243 e. The van der Waals surface area contributed by atoms with Crippen LogP contribution in [0.4, 0.5) is 0 Å². The summed E-state index contributed by atoms with van der Waals surface area (Å²) < 4.78 is 0. The first-order chi connectivity index (χ1) is 15.1. The highest BCUT2D eigenvalue weighted by molar-refractivity contribution is 8.00. The number of nitrogens with one attached hydrogen (secondary N) is 1. The van der Waals surface area contributed by atoms with E-state index in [4.69, 9.17) is 0 Å². The van der Waals surface area contributed by atoms with Crippen molar-refractivity contribution in [3.8, 4) is 0 Å². The highest BCUT2D eigenvalue weighted by atomic mass is 32.2. The van der Waals surface area contributed by atoms with Gasteiger partial charge >= 0.3 is 0 Å². The summed E-state index contributed by atoms with van der Waals surface area (Å²) in [6, 6.07) is 17.9. The molecule has 0 bridgehead atoms. The molecule has 0 heterocycles. The minimum atomic E-state index is -0.452. The Morgan fingerprint density at radius 3 is 2.35 bits per heavy atom. The molecule has 31 heavy (non-hydrogen) atoms. The summed E-state index contributed by atoms with van der Waals surface area (Å²) >= 11 is 1.52. The van der Waals surface area contributed by atoms with Crippen molar-refractivity contribution in [3.05, 3.63) is 65.7 Å². The van der Waals surface area contributed by atoms with Crippen molar-refractivity contribution in [3.63, 3.8) is 0 Å². The van der Waals surface area contributed by atoms with E-state index >= 15 is 0 Å². The second kappa shape index (κ2) is 11.9. The fourth-order valence-corrected chi connectivity index (χ4v) is 4.90. The molecule has 0 unspecified atom stereocenters. The molecule has 166 valence electrons. The largest absolute Gasteiger partial charge is 0.352 e. The lowest BCUT2D eigenvalue weighted by atomic mass is 9.95. The Kier molecular flexibility index (Phi) is 9.01. The highest BCUT2D eigenvalue weighted by Gasteiger charge is 2.30. The number of carbonyl (C=O) groups is 2. The number of carbonyl (C=O) groups excluding carboxylic acids is 2. The molecule has 1 aliphatic rings. The van der Waals surface area contributed by atoms with Crippen molar-refractivity contribution in [1.29, 1.82) is 0 Å². The zero-order chi connectivity index (χ0) is 22.1. The number of hydrogen-bond acceptors (Lipinski definition) is 3. The fourth-order valence-electron chi connectivity index (χ4n) is 4.10. The van der Waals surface area contributed by atoms with Gasteiger partial charge in [0.25, 0.3) is 0 Å². The number of benzene rings is 2. The van der Waals surface area contributed by atoms with Crippen LogP contribution in [0.1, 0.15) is 56.6 Å². The lowest BCUT2D eigenvalue weighted by molar-refractivity contribution is -0.139. The molecule has 0 radical (unpaired) electrons. The molecule has 3 rings (SSSR count). The zero-order valence-corrected chi connectivity index (χ0v) is 19.5. The van der Waals surface area contributed by atoms with Crippen LogP contribution in [0.3, 0.4) is 0 Å². The number of nitrogens with zero attached hydrogens (tertiary/aromatic N) is 1. The van der Waals surface area contributed by atoms with E-state index < -0.39 is 6.04 Å². The molecule has 2 aromatic rings. The Balaban J connectivity index is 1.73. The summed E-state index contributed by atoms with van der Waals surface area (Å²) in [4.78, 5) is 29.3. The molecule has 0 spiro atoms. The fraction of sp³-hybridized carbons (Fsp3) is 0.462. The molecule has 0 aliphatic heterocycles. The average Bonchev–Trinajstić information content (AvgIpc) is 2.80. The van der Waals surface area contributed by atoms with E-state index in [1.165, 1.54) is 36.6 Å². The molecular weight excluding hydrogens is 404 g/mol. The molecule has 1 atom stereocenters. The van der Waals surface area contributed by atoms with Crippen molar-refractivity contribution in [2.24, 2.45) is 0 Å². The summed E-state index contributed by atoms with van der Waals surface area (Å²) in [5.74, 6) is 0.308. The van der Waals surface area contributed by atoms with Crippen LogP contribution in [0.25, 0.3) is 0 Å². The Labute approximate surface area is 190 Å². The predicted molar refractivity (Wildman–Crippen MR) is 128 cm³/mol. The zero-order valence-electron chi connectivity index (χ0n) is 18.7. The van der Waals surface area contributed by atoms with Gasteiger partial charge in [0.15, 0.2) is 0 Å². The van der Waals surface area contributed by atoms with Crippen LogP contribution in [0, 0.1) is 6.92 Å². The molecule has 1 fully saturated rings.